The van der Waals surface area contributed by atoms with Gasteiger partial charge < -0.3 is 20.1 Å². The van der Waals surface area contributed by atoms with Crippen LogP contribution in [0.25, 0.3) is 0 Å². The third-order valence-electron chi connectivity index (χ3n) is 6.46. The molecule has 1 heterocycles. The first kappa shape index (κ1) is 34.6. The van der Waals surface area contributed by atoms with Gasteiger partial charge in [-0.25, -0.2) is 0 Å². The third kappa shape index (κ3) is 17.0. The molecule has 0 radical (unpaired) electrons. The molecule has 0 amide bonds. The molecule has 1 aliphatic heterocycles. The number of hydrogen-bond acceptors (Lipinski definition) is 10. The maximum Gasteiger partial charge on any atom is 0.317 e. The van der Waals surface area contributed by atoms with E-state index in [1.807, 2.05) is 25.7 Å². The molecule has 0 atom stereocenters. The highest BCUT2D eigenvalue weighted by atomic mass is 16.5. The second-order valence-electron chi connectivity index (χ2n) is 11.0. The fraction of sp³-hybridized carbons (Fsp3) is 0.808. The Labute approximate surface area is 230 Å². The van der Waals surface area contributed by atoms with E-state index in [2.05, 4.69) is 0 Å². The van der Waals surface area contributed by atoms with Crippen molar-refractivity contribution in [1.82, 2.24) is 19.6 Å². The molecule has 0 aromatic carbocycles. The highest BCUT2D eigenvalue weighted by molar-refractivity contribution is 5.83. The zero-order valence-corrected chi connectivity index (χ0v) is 23.6. The lowest BCUT2D eigenvalue weighted by Gasteiger charge is -2.32. The predicted molar refractivity (Wildman–Crippen MR) is 143 cm³/mol. The molecular weight excluding hydrogens is 512 g/mol. The van der Waals surface area contributed by atoms with E-state index >= 15 is 0 Å². The maximum atomic E-state index is 12.7. The summed E-state index contributed by atoms with van der Waals surface area (Å²) in [5.41, 5.74) is -0.403. The van der Waals surface area contributed by atoms with Crippen LogP contribution in [0.3, 0.4) is 0 Å². The second-order valence-corrected chi connectivity index (χ2v) is 11.0. The Morgan fingerprint density at radius 1 is 0.590 bits per heavy atom. The van der Waals surface area contributed by atoms with Crippen molar-refractivity contribution in [3.05, 3.63) is 0 Å². The molecule has 0 bridgehead atoms. The molecule has 0 saturated carbocycles. The van der Waals surface area contributed by atoms with Crippen molar-refractivity contribution in [1.29, 1.82) is 0 Å². The molecule has 39 heavy (non-hydrogen) atoms. The molecule has 1 fully saturated rings. The van der Waals surface area contributed by atoms with E-state index in [-0.39, 0.29) is 37.7 Å². The van der Waals surface area contributed by atoms with Crippen molar-refractivity contribution < 1.29 is 44.0 Å². The summed E-state index contributed by atoms with van der Waals surface area (Å²) in [5, 5.41) is 27.9. The molecule has 0 spiro atoms. The Kier molecular flexibility index (Phi) is 16.0. The number of ether oxygens (including phenoxy) is 1. The van der Waals surface area contributed by atoms with Crippen LogP contribution in [0.1, 0.15) is 40.0 Å². The van der Waals surface area contributed by atoms with Crippen LogP contribution in [0.5, 0.6) is 0 Å². The minimum atomic E-state index is -1.01. The summed E-state index contributed by atoms with van der Waals surface area (Å²) in [7, 11) is 0. The number of carboxylic acid groups (broad SMARTS) is 3. The molecule has 224 valence electrons. The minimum absolute atomic E-state index is 0.00124. The van der Waals surface area contributed by atoms with Gasteiger partial charge in [0.15, 0.2) is 0 Å². The predicted octanol–water partition coefficient (Wildman–Crippen LogP) is -0.167. The molecule has 0 aliphatic carbocycles. The van der Waals surface area contributed by atoms with E-state index in [9.17, 15) is 39.3 Å². The summed E-state index contributed by atoms with van der Waals surface area (Å²) in [6.07, 6.45) is 1.15. The van der Waals surface area contributed by atoms with Crippen LogP contribution in [-0.4, -0.2) is 156 Å². The third-order valence-corrected chi connectivity index (χ3v) is 6.46. The molecule has 0 unspecified atom stereocenters. The first-order chi connectivity index (χ1) is 18.3. The number of hydrogen-bond donors (Lipinski definition) is 3. The van der Waals surface area contributed by atoms with Gasteiger partial charge in [-0.05, 0) is 6.42 Å². The van der Waals surface area contributed by atoms with Crippen LogP contribution in [0.15, 0.2) is 0 Å². The Morgan fingerprint density at radius 2 is 0.949 bits per heavy atom. The van der Waals surface area contributed by atoms with Gasteiger partial charge in [0.05, 0.1) is 32.8 Å². The fourth-order valence-corrected chi connectivity index (χ4v) is 4.13. The van der Waals surface area contributed by atoms with E-state index in [1.54, 1.807) is 14.7 Å². The number of rotatable bonds is 15. The summed E-state index contributed by atoms with van der Waals surface area (Å²) in [6.45, 7) is 8.63. The SMILES string of the molecule is CC(C)(C)C(=O)CCOCCCC(=O)CN1CCN(CC(=O)O)CCN(CC(=O)O)CCN(CC(=O)O)CC1. The number of carbonyl (C=O) groups excluding carboxylic acids is 2. The van der Waals surface area contributed by atoms with Crippen LogP contribution in [0.4, 0.5) is 0 Å². The second kappa shape index (κ2) is 18.0. The van der Waals surface area contributed by atoms with Crippen LogP contribution in [0.2, 0.25) is 0 Å². The number of nitrogens with zero attached hydrogens (tertiary/aromatic N) is 4. The molecule has 1 aliphatic rings. The van der Waals surface area contributed by atoms with Crippen LogP contribution in [-0.2, 0) is 28.7 Å². The van der Waals surface area contributed by atoms with Gasteiger partial charge in [0, 0.05) is 77.2 Å². The van der Waals surface area contributed by atoms with E-state index in [0.29, 0.717) is 84.8 Å². The summed E-state index contributed by atoms with van der Waals surface area (Å²) >= 11 is 0. The zero-order valence-electron chi connectivity index (χ0n) is 23.6. The smallest absolute Gasteiger partial charge is 0.317 e. The topological polar surface area (TPSA) is 168 Å². The summed E-state index contributed by atoms with van der Waals surface area (Å²) in [4.78, 5) is 65.7. The lowest BCUT2D eigenvalue weighted by Crippen LogP contribution is -2.49. The van der Waals surface area contributed by atoms with Gasteiger partial charge in [-0.1, -0.05) is 20.8 Å². The number of Topliss-reactive ketones (excluding diaryl/α,β-unsaturated/α-hetero) is 2. The van der Waals surface area contributed by atoms with Crippen molar-refractivity contribution in [3.63, 3.8) is 0 Å². The fourth-order valence-electron chi connectivity index (χ4n) is 4.13. The molecule has 1 saturated heterocycles. The van der Waals surface area contributed by atoms with E-state index in [0.717, 1.165) is 0 Å². The summed E-state index contributed by atoms with van der Waals surface area (Å²) in [5.74, 6) is -2.88. The monoisotopic (exact) mass is 558 g/mol. The van der Waals surface area contributed by atoms with Gasteiger partial charge >= 0.3 is 17.9 Å². The standard InChI is InChI=1S/C26H46N4O9/c1-26(2,3)22(32)6-16-39-15-4-5-21(31)17-27-7-9-28(18-23(33)34)11-13-30(20-25(37)38)14-12-29(10-8-27)19-24(35)36/h4-20H2,1-3H3,(H,33,34)(H,35,36)(H,37,38). The van der Waals surface area contributed by atoms with Crippen molar-refractivity contribution in [3.8, 4) is 0 Å². The van der Waals surface area contributed by atoms with Gasteiger partial charge in [-0.2, -0.15) is 0 Å². The van der Waals surface area contributed by atoms with E-state index in [1.165, 1.54) is 0 Å². The van der Waals surface area contributed by atoms with E-state index in [4.69, 9.17) is 4.74 Å². The zero-order chi connectivity index (χ0) is 29.4. The minimum Gasteiger partial charge on any atom is -0.480 e. The molecule has 3 N–H and O–H groups in total. The highest BCUT2D eigenvalue weighted by Crippen LogP contribution is 2.16. The Balaban J connectivity index is 2.71. The summed E-state index contributed by atoms with van der Waals surface area (Å²) in [6, 6.07) is 0. The number of aliphatic carboxylic acids is 3. The average Bonchev–Trinajstić information content (AvgIpc) is 2.81. The first-order valence-electron chi connectivity index (χ1n) is 13.4. The number of ketones is 2. The molecule has 13 nitrogen and oxygen atoms in total. The molecule has 1 rings (SSSR count). The van der Waals surface area contributed by atoms with Crippen molar-refractivity contribution in [2.24, 2.45) is 5.41 Å². The number of carboxylic acids is 3. The Hall–Kier alpha value is -2.45. The average molecular weight is 559 g/mol. The highest BCUT2D eigenvalue weighted by Gasteiger charge is 2.22. The molecule has 13 heteroatoms. The van der Waals surface area contributed by atoms with Crippen LogP contribution >= 0.6 is 0 Å². The molecule has 0 aromatic rings. The van der Waals surface area contributed by atoms with Crippen LogP contribution in [0, 0.1) is 5.41 Å². The van der Waals surface area contributed by atoms with Crippen LogP contribution < -0.4 is 0 Å². The largest absolute Gasteiger partial charge is 0.480 e. The van der Waals surface area contributed by atoms with Gasteiger partial charge in [-0.3, -0.25) is 43.6 Å². The van der Waals surface area contributed by atoms with Gasteiger partial charge in [0.25, 0.3) is 0 Å². The summed E-state index contributed by atoms with van der Waals surface area (Å²) < 4.78 is 5.52. The first-order valence-corrected chi connectivity index (χ1v) is 13.4. The van der Waals surface area contributed by atoms with Gasteiger partial charge in [0.2, 0.25) is 0 Å². The Bertz CT molecular complexity index is 784. The van der Waals surface area contributed by atoms with Crippen molar-refractivity contribution in [2.75, 3.05) is 91.8 Å². The maximum absolute atomic E-state index is 12.7. The number of carbonyl (C=O) groups is 5. The van der Waals surface area contributed by atoms with Gasteiger partial charge in [0.1, 0.15) is 11.6 Å². The molecule has 0 aromatic heterocycles. The van der Waals surface area contributed by atoms with Crippen molar-refractivity contribution in [2.45, 2.75) is 40.0 Å². The van der Waals surface area contributed by atoms with E-state index < -0.39 is 23.3 Å². The molecular formula is C26H46N4O9. The lowest BCUT2D eigenvalue weighted by molar-refractivity contribution is -0.140. The quantitative estimate of drug-likeness (QED) is 0.227. The van der Waals surface area contributed by atoms with Gasteiger partial charge in [-0.15, -0.1) is 0 Å². The van der Waals surface area contributed by atoms with Crippen molar-refractivity contribution >= 4 is 29.5 Å². The Morgan fingerprint density at radius 3 is 1.28 bits per heavy atom. The normalized spacial score (nSPS) is 17.7. The lowest BCUT2D eigenvalue weighted by atomic mass is 9.89.